The van der Waals surface area contributed by atoms with Gasteiger partial charge in [0.1, 0.15) is 0 Å². The molecule has 0 aromatic heterocycles. The molecule has 1 saturated carbocycles. The van der Waals surface area contributed by atoms with Gasteiger partial charge in [0.25, 0.3) is 5.91 Å². The molecule has 0 radical (unpaired) electrons. The maximum absolute atomic E-state index is 12.1. The third kappa shape index (κ3) is 1.39. The second-order valence-electron chi connectivity index (χ2n) is 5.20. The largest absolute Gasteiger partial charge is 0.344 e. The Labute approximate surface area is 106 Å². The molecule has 2 unspecified atom stereocenters. The first-order valence-corrected chi connectivity index (χ1v) is 6.16. The van der Waals surface area contributed by atoms with Crippen molar-refractivity contribution in [3.05, 3.63) is 41.5 Å². The van der Waals surface area contributed by atoms with E-state index in [1.807, 2.05) is 37.3 Å². The Morgan fingerprint density at radius 2 is 2.11 bits per heavy atom. The molecule has 3 rings (SSSR count). The van der Waals surface area contributed by atoms with E-state index in [0.717, 1.165) is 29.6 Å². The molecule has 0 saturated heterocycles. The summed E-state index contributed by atoms with van der Waals surface area (Å²) in [5, 5.41) is 12.3. The molecule has 1 fully saturated rings. The van der Waals surface area contributed by atoms with E-state index in [1.165, 1.54) is 0 Å². The Hall–Kier alpha value is -2.08. The summed E-state index contributed by atoms with van der Waals surface area (Å²) in [4.78, 5) is 12.1. The van der Waals surface area contributed by atoms with Crippen molar-refractivity contribution >= 4 is 11.5 Å². The summed E-state index contributed by atoms with van der Waals surface area (Å²) in [5.41, 5.74) is 2.38. The molecule has 1 aliphatic carbocycles. The molecule has 3 heteroatoms. The van der Waals surface area contributed by atoms with Gasteiger partial charge in [-0.25, -0.2) is 0 Å². The van der Waals surface area contributed by atoms with Crippen molar-refractivity contribution in [2.75, 3.05) is 0 Å². The number of fused-ring (bicyclic) bond motifs is 1. The van der Waals surface area contributed by atoms with Crippen LogP contribution in [0.1, 0.15) is 25.3 Å². The Kier molecular flexibility index (Phi) is 2.27. The van der Waals surface area contributed by atoms with Crippen LogP contribution < -0.4 is 5.32 Å². The molecule has 2 atom stereocenters. The van der Waals surface area contributed by atoms with Crippen LogP contribution in [-0.2, 0) is 4.79 Å². The Bertz CT molecular complexity index is 582. The second kappa shape index (κ2) is 3.71. The maximum Gasteiger partial charge on any atom is 0.252 e. The lowest BCUT2D eigenvalue weighted by Crippen LogP contribution is -2.38. The number of nitriles is 1. The van der Waals surface area contributed by atoms with Crippen molar-refractivity contribution < 1.29 is 4.79 Å². The fourth-order valence-electron chi connectivity index (χ4n) is 2.97. The quantitative estimate of drug-likeness (QED) is 0.816. The molecular formula is C15H14N2O. The molecule has 18 heavy (non-hydrogen) atoms. The van der Waals surface area contributed by atoms with E-state index >= 15 is 0 Å². The highest BCUT2D eigenvalue weighted by Gasteiger charge is 2.48. The lowest BCUT2D eigenvalue weighted by Gasteiger charge is -2.21. The highest BCUT2D eigenvalue weighted by Crippen LogP contribution is 2.46. The summed E-state index contributed by atoms with van der Waals surface area (Å²) in [6.45, 7) is 1.93. The predicted octanol–water partition coefficient (Wildman–Crippen LogP) is 2.26. The number of carbonyl (C=O) groups excluding carboxylic acids is 1. The van der Waals surface area contributed by atoms with Crippen LogP contribution in [0.4, 0.5) is 0 Å². The first kappa shape index (κ1) is 11.0. The van der Waals surface area contributed by atoms with Crippen molar-refractivity contribution in [3.63, 3.8) is 0 Å². The number of nitrogens with one attached hydrogen (secondary N) is 1. The molecule has 1 aliphatic heterocycles. The fourth-order valence-corrected chi connectivity index (χ4v) is 2.97. The normalized spacial score (nSPS) is 30.0. The van der Waals surface area contributed by atoms with Crippen LogP contribution in [-0.4, -0.2) is 11.9 Å². The van der Waals surface area contributed by atoms with Crippen LogP contribution in [0.2, 0.25) is 0 Å². The Balaban J connectivity index is 2.11. The van der Waals surface area contributed by atoms with Crippen molar-refractivity contribution in [1.82, 2.24) is 5.32 Å². The van der Waals surface area contributed by atoms with Gasteiger partial charge in [-0.2, -0.15) is 5.26 Å². The minimum Gasteiger partial charge on any atom is -0.344 e. The van der Waals surface area contributed by atoms with E-state index in [0.29, 0.717) is 0 Å². The molecule has 1 amide bonds. The van der Waals surface area contributed by atoms with Crippen LogP contribution in [0.25, 0.3) is 5.57 Å². The number of carbonyl (C=O) groups is 1. The number of hydrogen-bond acceptors (Lipinski definition) is 2. The number of hydrogen-bond donors (Lipinski definition) is 1. The first-order valence-electron chi connectivity index (χ1n) is 6.16. The van der Waals surface area contributed by atoms with Crippen molar-refractivity contribution in [3.8, 4) is 6.07 Å². The second-order valence-corrected chi connectivity index (χ2v) is 5.20. The zero-order chi connectivity index (χ0) is 12.8. The van der Waals surface area contributed by atoms with Crippen LogP contribution >= 0.6 is 0 Å². The molecule has 90 valence electrons. The molecular weight excluding hydrogens is 224 g/mol. The lowest BCUT2D eigenvalue weighted by molar-refractivity contribution is -0.115. The zero-order valence-electron chi connectivity index (χ0n) is 10.2. The van der Waals surface area contributed by atoms with Crippen molar-refractivity contribution in [2.24, 2.45) is 5.41 Å². The molecule has 1 aromatic carbocycles. The summed E-state index contributed by atoms with van der Waals surface area (Å²) in [6, 6.07) is 12.0. The van der Waals surface area contributed by atoms with E-state index < -0.39 is 5.41 Å². The van der Waals surface area contributed by atoms with Gasteiger partial charge < -0.3 is 5.32 Å². The van der Waals surface area contributed by atoms with Crippen molar-refractivity contribution in [2.45, 2.75) is 25.8 Å². The highest BCUT2D eigenvalue weighted by molar-refractivity contribution is 6.23. The third-order valence-corrected chi connectivity index (χ3v) is 4.04. The van der Waals surface area contributed by atoms with E-state index in [-0.39, 0.29) is 11.9 Å². The lowest BCUT2D eigenvalue weighted by atomic mass is 9.86. The number of nitrogens with zero attached hydrogens (tertiary/aromatic N) is 1. The summed E-state index contributed by atoms with van der Waals surface area (Å²) in [7, 11) is 0. The Morgan fingerprint density at radius 1 is 1.39 bits per heavy atom. The molecule has 0 bridgehead atoms. The van der Waals surface area contributed by atoms with Crippen molar-refractivity contribution in [1.29, 1.82) is 5.26 Å². The van der Waals surface area contributed by atoms with Gasteiger partial charge in [0, 0.05) is 5.57 Å². The van der Waals surface area contributed by atoms with E-state index in [1.54, 1.807) is 0 Å². The Morgan fingerprint density at radius 3 is 2.78 bits per heavy atom. The number of rotatable bonds is 1. The van der Waals surface area contributed by atoms with Gasteiger partial charge in [-0.15, -0.1) is 0 Å². The monoisotopic (exact) mass is 238 g/mol. The van der Waals surface area contributed by atoms with Gasteiger partial charge in [0.2, 0.25) is 0 Å². The highest BCUT2D eigenvalue weighted by atomic mass is 16.2. The maximum atomic E-state index is 12.1. The molecule has 2 aliphatic rings. The smallest absolute Gasteiger partial charge is 0.252 e. The van der Waals surface area contributed by atoms with Crippen LogP contribution in [0, 0.1) is 16.7 Å². The predicted molar refractivity (Wildman–Crippen MR) is 68.2 cm³/mol. The van der Waals surface area contributed by atoms with E-state index in [9.17, 15) is 10.1 Å². The fraction of sp³-hybridized carbons (Fsp3) is 0.333. The molecule has 1 N–H and O–H groups in total. The van der Waals surface area contributed by atoms with Gasteiger partial charge in [0.05, 0.1) is 17.5 Å². The average Bonchev–Trinajstić information content (AvgIpc) is 2.89. The zero-order valence-corrected chi connectivity index (χ0v) is 10.2. The molecule has 3 nitrogen and oxygen atoms in total. The summed E-state index contributed by atoms with van der Waals surface area (Å²) in [6.07, 6.45) is 1.65. The van der Waals surface area contributed by atoms with Gasteiger partial charge in [-0.05, 0) is 30.9 Å². The van der Waals surface area contributed by atoms with Gasteiger partial charge >= 0.3 is 0 Å². The third-order valence-electron chi connectivity index (χ3n) is 4.04. The van der Waals surface area contributed by atoms with E-state index in [4.69, 9.17) is 0 Å². The first-order chi connectivity index (χ1) is 8.65. The van der Waals surface area contributed by atoms with E-state index in [2.05, 4.69) is 11.4 Å². The molecule has 1 heterocycles. The number of benzene rings is 1. The summed E-state index contributed by atoms with van der Waals surface area (Å²) in [5.74, 6) is -0.0395. The average molecular weight is 238 g/mol. The SMILES string of the molecule is CC1(C#N)CCC2=C(c3ccccc3)C(=O)NC21. The minimum atomic E-state index is -0.457. The standard InChI is InChI=1S/C15H14N2O/c1-15(9-16)8-7-11-12(14(18)17-13(11)15)10-5-3-2-4-6-10/h2-6,13H,7-8H2,1H3,(H,17,18). The number of amides is 1. The minimum absolute atomic E-state index is 0.0395. The summed E-state index contributed by atoms with van der Waals surface area (Å²) < 4.78 is 0. The van der Waals surface area contributed by atoms with Crippen LogP contribution in [0.3, 0.4) is 0 Å². The van der Waals surface area contributed by atoms with Gasteiger partial charge in [-0.1, -0.05) is 30.3 Å². The van der Waals surface area contributed by atoms with Gasteiger partial charge in [-0.3, -0.25) is 4.79 Å². The van der Waals surface area contributed by atoms with Crippen LogP contribution in [0.5, 0.6) is 0 Å². The molecule has 0 spiro atoms. The van der Waals surface area contributed by atoms with Crippen LogP contribution in [0.15, 0.2) is 35.9 Å². The van der Waals surface area contributed by atoms with Gasteiger partial charge in [0.15, 0.2) is 0 Å². The molecule has 1 aromatic rings. The topological polar surface area (TPSA) is 52.9 Å². The summed E-state index contributed by atoms with van der Waals surface area (Å²) >= 11 is 0.